The van der Waals surface area contributed by atoms with E-state index in [1.54, 1.807) is 4.90 Å². The zero-order valence-electron chi connectivity index (χ0n) is 10.3. The van der Waals surface area contributed by atoms with Gasteiger partial charge in [-0.1, -0.05) is 24.9 Å². The van der Waals surface area contributed by atoms with Crippen LogP contribution < -0.4 is 5.73 Å². The lowest BCUT2D eigenvalue weighted by molar-refractivity contribution is -0.136. The van der Waals surface area contributed by atoms with Crippen molar-refractivity contribution < 1.29 is 14.7 Å². The fourth-order valence-electron chi connectivity index (χ4n) is 1.80. The second kappa shape index (κ2) is 7.11. The normalized spacial score (nSPS) is 21.6. The van der Waals surface area contributed by atoms with Gasteiger partial charge in [0.25, 0.3) is 0 Å². The van der Waals surface area contributed by atoms with E-state index < -0.39 is 6.10 Å². The average molecular weight is 243 g/mol. The highest BCUT2D eigenvalue weighted by molar-refractivity contribution is 5.85. The molecule has 0 spiro atoms. The van der Waals surface area contributed by atoms with Crippen LogP contribution in [0.4, 0.5) is 0 Å². The number of rotatable bonds is 5. The predicted octanol–water partition coefficient (Wildman–Crippen LogP) is 0.540. The van der Waals surface area contributed by atoms with E-state index in [1.165, 1.54) is 0 Å². The van der Waals surface area contributed by atoms with Crippen LogP contribution in [0, 0.1) is 0 Å². The summed E-state index contributed by atoms with van der Waals surface area (Å²) in [5, 5.41) is 11.5. The number of hydrogen-bond acceptors (Lipinski definition) is 4. The minimum Gasteiger partial charge on any atom is -0.409 e. The Morgan fingerprint density at radius 2 is 2.35 bits per heavy atom. The maximum atomic E-state index is 11.9. The minimum atomic E-state index is -0.483. The Morgan fingerprint density at radius 3 is 3.00 bits per heavy atom. The Morgan fingerprint density at radius 1 is 1.59 bits per heavy atom. The molecule has 98 valence electrons. The van der Waals surface area contributed by atoms with Crippen molar-refractivity contribution in [2.75, 3.05) is 19.7 Å². The molecule has 0 aliphatic carbocycles. The van der Waals surface area contributed by atoms with Crippen LogP contribution in [0.2, 0.25) is 0 Å². The molecule has 1 rings (SSSR count). The number of nitrogens with zero attached hydrogens (tertiary/aromatic N) is 2. The summed E-state index contributed by atoms with van der Waals surface area (Å²) in [4.78, 5) is 13.6. The van der Waals surface area contributed by atoms with Crippen LogP contribution in [0.25, 0.3) is 0 Å². The van der Waals surface area contributed by atoms with Crippen LogP contribution in [0.15, 0.2) is 5.16 Å². The monoisotopic (exact) mass is 243 g/mol. The van der Waals surface area contributed by atoms with Gasteiger partial charge in [0.1, 0.15) is 6.10 Å². The van der Waals surface area contributed by atoms with Gasteiger partial charge >= 0.3 is 0 Å². The molecule has 1 fully saturated rings. The quantitative estimate of drug-likeness (QED) is 0.242. The zero-order chi connectivity index (χ0) is 12.7. The van der Waals surface area contributed by atoms with Crippen molar-refractivity contribution in [1.82, 2.24) is 4.90 Å². The second-order valence-electron chi connectivity index (χ2n) is 4.18. The zero-order valence-corrected chi connectivity index (χ0v) is 10.3. The standard InChI is InChI=1S/C11H21N3O3/c1-2-3-4-5-10(15)14-6-7-17-9(8-14)11(12)13-16/h9,16H,2-8H2,1H3,(H2,12,13). The first-order chi connectivity index (χ1) is 8.19. The summed E-state index contributed by atoms with van der Waals surface area (Å²) in [5.74, 6) is 0.147. The van der Waals surface area contributed by atoms with Crippen LogP contribution >= 0.6 is 0 Å². The molecular formula is C11H21N3O3. The molecule has 1 amide bonds. The van der Waals surface area contributed by atoms with Crippen molar-refractivity contribution in [2.24, 2.45) is 10.9 Å². The number of amidine groups is 1. The van der Waals surface area contributed by atoms with E-state index in [1.807, 2.05) is 0 Å². The molecule has 3 N–H and O–H groups in total. The van der Waals surface area contributed by atoms with Crippen LogP contribution in [0.1, 0.15) is 32.6 Å². The van der Waals surface area contributed by atoms with Gasteiger partial charge in [-0.05, 0) is 6.42 Å². The van der Waals surface area contributed by atoms with E-state index in [9.17, 15) is 4.79 Å². The number of oxime groups is 1. The largest absolute Gasteiger partial charge is 0.409 e. The molecule has 6 heteroatoms. The summed E-state index contributed by atoms with van der Waals surface area (Å²) in [6.45, 7) is 3.50. The number of carbonyl (C=O) groups excluding carboxylic acids is 1. The lowest BCUT2D eigenvalue weighted by Gasteiger charge is -2.32. The Balaban J connectivity index is 2.40. The minimum absolute atomic E-state index is 0.0241. The van der Waals surface area contributed by atoms with Gasteiger partial charge in [0.05, 0.1) is 13.2 Å². The Kier molecular flexibility index (Phi) is 5.76. The van der Waals surface area contributed by atoms with Gasteiger partial charge in [0.15, 0.2) is 5.84 Å². The van der Waals surface area contributed by atoms with Crippen LogP contribution in [0.3, 0.4) is 0 Å². The molecular weight excluding hydrogens is 222 g/mol. The third-order valence-corrected chi connectivity index (χ3v) is 2.86. The lowest BCUT2D eigenvalue weighted by Crippen LogP contribution is -2.50. The molecule has 0 bridgehead atoms. The summed E-state index contributed by atoms with van der Waals surface area (Å²) in [5.41, 5.74) is 5.47. The van der Waals surface area contributed by atoms with E-state index in [4.69, 9.17) is 15.7 Å². The van der Waals surface area contributed by atoms with Gasteiger partial charge in [-0.15, -0.1) is 0 Å². The number of carbonyl (C=O) groups is 1. The Labute approximate surface area is 101 Å². The molecule has 1 atom stereocenters. The number of morpholine rings is 1. The van der Waals surface area contributed by atoms with Crippen molar-refractivity contribution >= 4 is 11.7 Å². The Bertz CT molecular complexity index is 281. The van der Waals surface area contributed by atoms with E-state index >= 15 is 0 Å². The van der Waals surface area contributed by atoms with Crippen LogP contribution in [-0.2, 0) is 9.53 Å². The molecule has 1 unspecified atom stereocenters. The third-order valence-electron chi connectivity index (χ3n) is 2.86. The highest BCUT2D eigenvalue weighted by Gasteiger charge is 2.26. The first kappa shape index (κ1) is 13.8. The summed E-state index contributed by atoms with van der Waals surface area (Å²) in [7, 11) is 0. The molecule has 1 saturated heterocycles. The lowest BCUT2D eigenvalue weighted by atomic mass is 10.1. The van der Waals surface area contributed by atoms with E-state index in [0.717, 1.165) is 19.3 Å². The fourth-order valence-corrected chi connectivity index (χ4v) is 1.80. The van der Waals surface area contributed by atoms with Gasteiger partial charge in [-0.3, -0.25) is 4.79 Å². The van der Waals surface area contributed by atoms with Gasteiger partial charge in [-0.25, -0.2) is 0 Å². The molecule has 0 radical (unpaired) electrons. The van der Waals surface area contributed by atoms with Crippen LogP contribution in [-0.4, -0.2) is 47.7 Å². The van der Waals surface area contributed by atoms with Gasteiger partial charge in [0.2, 0.25) is 5.91 Å². The number of nitrogens with two attached hydrogens (primary N) is 1. The first-order valence-electron chi connectivity index (χ1n) is 6.05. The molecule has 1 aliphatic rings. The highest BCUT2D eigenvalue weighted by atomic mass is 16.5. The molecule has 0 aromatic heterocycles. The molecule has 0 saturated carbocycles. The van der Waals surface area contributed by atoms with E-state index in [2.05, 4.69) is 12.1 Å². The number of unbranched alkanes of at least 4 members (excludes halogenated alkanes) is 2. The summed E-state index contributed by atoms with van der Waals surface area (Å²) >= 11 is 0. The van der Waals surface area contributed by atoms with Crippen molar-refractivity contribution in [3.8, 4) is 0 Å². The number of hydrogen-bond donors (Lipinski definition) is 2. The van der Waals surface area contributed by atoms with Crippen molar-refractivity contribution in [2.45, 2.75) is 38.7 Å². The fraction of sp³-hybridized carbons (Fsp3) is 0.818. The smallest absolute Gasteiger partial charge is 0.222 e. The van der Waals surface area contributed by atoms with Crippen molar-refractivity contribution in [1.29, 1.82) is 0 Å². The SMILES string of the molecule is CCCCCC(=O)N1CCOC(C(N)=NO)C1. The Hall–Kier alpha value is -1.30. The maximum Gasteiger partial charge on any atom is 0.222 e. The number of ether oxygens (including phenoxy) is 1. The molecule has 0 aromatic carbocycles. The topological polar surface area (TPSA) is 88.2 Å². The summed E-state index contributed by atoms with van der Waals surface area (Å²) in [6, 6.07) is 0. The van der Waals surface area contributed by atoms with Crippen LogP contribution in [0.5, 0.6) is 0 Å². The molecule has 6 nitrogen and oxygen atoms in total. The molecule has 17 heavy (non-hydrogen) atoms. The highest BCUT2D eigenvalue weighted by Crippen LogP contribution is 2.09. The second-order valence-corrected chi connectivity index (χ2v) is 4.18. The third kappa shape index (κ3) is 4.22. The van der Waals surface area contributed by atoms with Crippen molar-refractivity contribution in [3.63, 3.8) is 0 Å². The molecule has 0 aromatic rings. The molecule has 1 heterocycles. The number of amides is 1. The van der Waals surface area contributed by atoms with Gasteiger partial charge in [0, 0.05) is 13.0 Å². The summed E-state index contributed by atoms with van der Waals surface area (Å²) in [6.07, 6.45) is 3.17. The average Bonchev–Trinajstić information content (AvgIpc) is 2.38. The predicted molar refractivity (Wildman–Crippen MR) is 63.9 cm³/mol. The molecule has 1 aliphatic heterocycles. The van der Waals surface area contributed by atoms with E-state index in [0.29, 0.717) is 26.1 Å². The first-order valence-corrected chi connectivity index (χ1v) is 6.05. The summed E-state index contributed by atoms with van der Waals surface area (Å²) < 4.78 is 5.33. The van der Waals surface area contributed by atoms with Gasteiger partial charge in [-0.2, -0.15) is 0 Å². The van der Waals surface area contributed by atoms with Crippen molar-refractivity contribution in [3.05, 3.63) is 0 Å². The maximum absolute atomic E-state index is 11.9. The van der Waals surface area contributed by atoms with E-state index in [-0.39, 0.29) is 11.7 Å². The van der Waals surface area contributed by atoms with Gasteiger partial charge < -0.3 is 20.6 Å².